The van der Waals surface area contributed by atoms with Gasteiger partial charge in [-0.25, -0.2) is 4.98 Å². The quantitative estimate of drug-likeness (QED) is 0.694. The number of nitrogens with zero attached hydrogens (tertiary/aromatic N) is 1. The maximum absolute atomic E-state index is 10.1. The SMILES string of the molecule is Brc1ccnc(OC2CC2)c1.CC(C)(C)[O-].[Na+]. The molecule has 2 rings (SSSR count). The molecule has 0 unspecified atom stereocenters. The minimum atomic E-state index is -0.750. The molecule has 1 aromatic rings. The largest absolute Gasteiger partial charge is 1.00 e. The van der Waals surface area contributed by atoms with Gasteiger partial charge in [0, 0.05) is 16.7 Å². The number of aromatic nitrogens is 1. The Hall–Kier alpha value is 0.390. The fourth-order valence-electron chi connectivity index (χ4n) is 0.806. The Balaban J connectivity index is 0.000000373. The third-order valence-corrected chi connectivity index (χ3v) is 2.00. The van der Waals surface area contributed by atoms with Crippen LogP contribution in [-0.4, -0.2) is 16.7 Å². The Bertz CT molecular complexity index is 332. The number of pyridine rings is 1. The minimum absolute atomic E-state index is 0. The Morgan fingerprint density at radius 1 is 1.41 bits per heavy atom. The first kappa shape index (κ1) is 17.4. The zero-order valence-electron chi connectivity index (χ0n) is 10.9. The number of hydrogen-bond donors (Lipinski definition) is 0. The molecule has 3 nitrogen and oxygen atoms in total. The Morgan fingerprint density at radius 2 is 1.94 bits per heavy atom. The van der Waals surface area contributed by atoms with Crippen molar-refractivity contribution in [1.82, 2.24) is 4.98 Å². The van der Waals surface area contributed by atoms with Gasteiger partial charge in [-0.2, -0.15) is 0 Å². The summed E-state index contributed by atoms with van der Waals surface area (Å²) in [5.74, 6) is 0.724. The van der Waals surface area contributed by atoms with E-state index in [9.17, 15) is 5.11 Å². The van der Waals surface area contributed by atoms with Gasteiger partial charge in [-0.05, 0) is 18.9 Å². The van der Waals surface area contributed by atoms with Crippen LogP contribution in [0.1, 0.15) is 33.6 Å². The minimum Gasteiger partial charge on any atom is -0.850 e. The molecule has 1 aromatic heterocycles. The number of ether oxygens (including phenoxy) is 1. The standard InChI is InChI=1S/C8H8BrNO.C4H9O.Na/c9-6-3-4-10-8(5-6)11-7-1-2-7;1-4(2,3)5;/h3-5,7H,1-2H2;1-3H3;/q;-1;+1. The van der Waals surface area contributed by atoms with Crippen LogP contribution in [-0.2, 0) is 0 Å². The maximum atomic E-state index is 10.1. The van der Waals surface area contributed by atoms with Crippen LogP contribution in [0.25, 0.3) is 0 Å². The summed E-state index contributed by atoms with van der Waals surface area (Å²) in [6.07, 6.45) is 4.52. The van der Waals surface area contributed by atoms with Crippen molar-refractivity contribution in [1.29, 1.82) is 0 Å². The van der Waals surface area contributed by atoms with Gasteiger partial charge in [0.05, 0.1) is 0 Å². The van der Waals surface area contributed by atoms with Crippen molar-refractivity contribution < 1.29 is 39.4 Å². The summed E-state index contributed by atoms with van der Waals surface area (Å²) in [6, 6.07) is 3.78. The molecule has 0 spiro atoms. The first-order valence-electron chi connectivity index (χ1n) is 5.33. The van der Waals surface area contributed by atoms with E-state index >= 15 is 0 Å². The van der Waals surface area contributed by atoms with Gasteiger partial charge >= 0.3 is 29.6 Å². The molecule has 0 atom stereocenters. The molecule has 1 fully saturated rings. The number of hydrogen-bond acceptors (Lipinski definition) is 3. The van der Waals surface area contributed by atoms with E-state index in [4.69, 9.17) is 4.74 Å². The van der Waals surface area contributed by atoms with Crippen LogP contribution >= 0.6 is 15.9 Å². The van der Waals surface area contributed by atoms with Crippen LogP contribution in [0, 0.1) is 0 Å². The monoisotopic (exact) mass is 309 g/mol. The summed E-state index contributed by atoms with van der Waals surface area (Å²) >= 11 is 3.35. The van der Waals surface area contributed by atoms with Gasteiger partial charge in [-0.15, -0.1) is 5.60 Å². The van der Waals surface area contributed by atoms with E-state index in [2.05, 4.69) is 20.9 Å². The molecule has 0 saturated heterocycles. The zero-order valence-corrected chi connectivity index (χ0v) is 14.5. The first-order chi connectivity index (χ1) is 7.34. The molecule has 5 heteroatoms. The summed E-state index contributed by atoms with van der Waals surface area (Å²) in [7, 11) is 0. The summed E-state index contributed by atoms with van der Waals surface area (Å²) in [4.78, 5) is 4.07. The average Bonchev–Trinajstić information content (AvgIpc) is 2.85. The van der Waals surface area contributed by atoms with Crippen LogP contribution in [0.5, 0.6) is 5.88 Å². The molecule has 0 aliphatic heterocycles. The smallest absolute Gasteiger partial charge is 0.850 e. The molecule has 0 aromatic carbocycles. The van der Waals surface area contributed by atoms with Crippen LogP contribution < -0.4 is 39.4 Å². The van der Waals surface area contributed by atoms with Gasteiger partial charge in [-0.3, -0.25) is 0 Å². The second-order valence-electron chi connectivity index (χ2n) is 4.74. The van der Waals surface area contributed by atoms with Gasteiger partial charge < -0.3 is 9.84 Å². The van der Waals surface area contributed by atoms with Gasteiger partial charge in [0.25, 0.3) is 0 Å². The molecule has 0 bridgehead atoms. The summed E-state index contributed by atoms with van der Waals surface area (Å²) < 4.78 is 6.48. The molecule has 0 N–H and O–H groups in total. The predicted octanol–water partition coefficient (Wildman–Crippen LogP) is -0.465. The van der Waals surface area contributed by atoms with Crippen LogP contribution in [0.2, 0.25) is 0 Å². The third-order valence-electron chi connectivity index (χ3n) is 1.51. The normalized spacial score (nSPS) is 14.2. The Morgan fingerprint density at radius 3 is 2.35 bits per heavy atom. The summed E-state index contributed by atoms with van der Waals surface area (Å²) in [5, 5.41) is 10.1. The van der Waals surface area contributed by atoms with Gasteiger partial charge in [0.1, 0.15) is 6.10 Å². The van der Waals surface area contributed by atoms with E-state index in [0.717, 1.165) is 10.4 Å². The third kappa shape index (κ3) is 11.2. The fraction of sp³-hybridized carbons (Fsp3) is 0.583. The van der Waals surface area contributed by atoms with E-state index in [1.807, 2.05) is 12.1 Å². The molecule has 1 saturated carbocycles. The van der Waals surface area contributed by atoms with Crippen molar-refractivity contribution in [3.8, 4) is 5.88 Å². The second kappa shape index (κ2) is 7.74. The molecular weight excluding hydrogens is 293 g/mol. The Kier molecular flexibility index (Phi) is 7.92. The van der Waals surface area contributed by atoms with Crippen molar-refractivity contribution in [2.45, 2.75) is 45.3 Å². The van der Waals surface area contributed by atoms with Crippen molar-refractivity contribution in [2.24, 2.45) is 0 Å². The van der Waals surface area contributed by atoms with E-state index in [1.165, 1.54) is 12.8 Å². The Labute approximate surface area is 133 Å². The molecular formula is C12H17BrNNaO2. The summed E-state index contributed by atoms with van der Waals surface area (Å²) in [5.41, 5.74) is -0.750. The average molecular weight is 310 g/mol. The van der Waals surface area contributed by atoms with Gasteiger partial charge in [0.15, 0.2) is 0 Å². The van der Waals surface area contributed by atoms with Crippen molar-refractivity contribution in [3.05, 3.63) is 22.8 Å². The molecule has 1 heterocycles. The van der Waals surface area contributed by atoms with Gasteiger partial charge in [0.2, 0.25) is 5.88 Å². The molecule has 1 aliphatic rings. The van der Waals surface area contributed by atoms with Crippen molar-refractivity contribution in [2.75, 3.05) is 0 Å². The first-order valence-corrected chi connectivity index (χ1v) is 6.12. The van der Waals surface area contributed by atoms with Crippen LogP contribution in [0.4, 0.5) is 0 Å². The van der Waals surface area contributed by atoms with E-state index < -0.39 is 5.60 Å². The van der Waals surface area contributed by atoms with E-state index in [1.54, 1.807) is 27.0 Å². The molecule has 1 aliphatic carbocycles. The topological polar surface area (TPSA) is 45.2 Å². The second-order valence-corrected chi connectivity index (χ2v) is 5.66. The molecule has 0 amide bonds. The maximum Gasteiger partial charge on any atom is 1.00 e. The van der Waals surface area contributed by atoms with Crippen LogP contribution in [0.15, 0.2) is 22.8 Å². The fourth-order valence-corrected chi connectivity index (χ4v) is 1.12. The van der Waals surface area contributed by atoms with E-state index in [0.29, 0.717) is 6.10 Å². The molecule has 90 valence electrons. The van der Waals surface area contributed by atoms with Crippen molar-refractivity contribution in [3.63, 3.8) is 0 Å². The number of halogens is 1. The molecule has 17 heavy (non-hydrogen) atoms. The zero-order chi connectivity index (χ0) is 12.2. The number of rotatable bonds is 2. The summed E-state index contributed by atoms with van der Waals surface area (Å²) in [6.45, 7) is 4.90. The van der Waals surface area contributed by atoms with E-state index in [-0.39, 0.29) is 29.6 Å². The van der Waals surface area contributed by atoms with Crippen LogP contribution in [0.3, 0.4) is 0 Å². The van der Waals surface area contributed by atoms with Crippen molar-refractivity contribution >= 4 is 15.9 Å². The predicted molar refractivity (Wildman–Crippen MR) is 65.3 cm³/mol. The molecule has 0 radical (unpaired) electrons. The van der Waals surface area contributed by atoms with Gasteiger partial charge in [-0.1, -0.05) is 36.7 Å².